The molecule has 1 rings (SSSR count). The van der Waals surface area contributed by atoms with Crippen LogP contribution in [0, 0.1) is 0 Å². The standard InChI is InChI=1S/C17H21N3O6/c1-3-25-16(22)15(20-18)14(21)9-13(11-24-2)19-17(23)26-10-12-7-5-4-6-8-12/h4-8,13H,3,9-11H2,1-2H3,(H,19,23)/t13-/m0/s1. The average Bonchev–Trinajstić information content (AvgIpc) is 2.62. The van der Waals surface area contributed by atoms with Crippen molar-refractivity contribution in [3.05, 3.63) is 41.4 Å². The number of ketones is 1. The largest absolute Gasteiger partial charge is 0.457 e. The summed E-state index contributed by atoms with van der Waals surface area (Å²) >= 11 is 0. The Kier molecular flexibility index (Phi) is 9.30. The number of nitrogens with one attached hydrogen (secondary N) is 1. The summed E-state index contributed by atoms with van der Waals surface area (Å²) in [6.07, 6.45) is -1.07. The number of ether oxygens (including phenoxy) is 3. The SMILES string of the molecule is CCOC(=O)C(=[N+]=[N-])C(=O)C[C@@H](COC)NC(=O)OCc1ccccc1. The minimum absolute atomic E-state index is 0.00624. The molecule has 0 aromatic heterocycles. The van der Waals surface area contributed by atoms with Crippen LogP contribution in [0.3, 0.4) is 0 Å². The molecule has 9 heteroatoms. The molecule has 0 bridgehead atoms. The summed E-state index contributed by atoms with van der Waals surface area (Å²) in [5.74, 6) is -1.83. The van der Waals surface area contributed by atoms with Gasteiger partial charge in [0, 0.05) is 13.5 Å². The molecule has 140 valence electrons. The van der Waals surface area contributed by atoms with Crippen molar-refractivity contribution in [2.24, 2.45) is 0 Å². The summed E-state index contributed by atoms with van der Waals surface area (Å²) in [6, 6.07) is 8.29. The van der Waals surface area contributed by atoms with Gasteiger partial charge in [0.2, 0.25) is 0 Å². The number of amides is 1. The predicted octanol–water partition coefficient (Wildman–Crippen LogP) is 1.12. The van der Waals surface area contributed by atoms with Crippen LogP contribution >= 0.6 is 0 Å². The fourth-order valence-corrected chi connectivity index (χ4v) is 2.01. The van der Waals surface area contributed by atoms with Gasteiger partial charge in [-0.1, -0.05) is 30.3 Å². The van der Waals surface area contributed by atoms with Crippen LogP contribution in [0.15, 0.2) is 30.3 Å². The summed E-state index contributed by atoms with van der Waals surface area (Å²) in [4.78, 5) is 38.2. The van der Waals surface area contributed by atoms with Crippen molar-refractivity contribution >= 4 is 23.6 Å². The van der Waals surface area contributed by atoms with E-state index in [1.165, 1.54) is 7.11 Å². The van der Waals surface area contributed by atoms with Crippen LogP contribution in [0.4, 0.5) is 4.79 Å². The molecule has 0 spiro atoms. The lowest BCUT2D eigenvalue weighted by Crippen LogP contribution is -2.42. The summed E-state index contributed by atoms with van der Waals surface area (Å²) in [5.41, 5.74) is 8.91. The topological polar surface area (TPSA) is 127 Å². The number of hydrogen-bond acceptors (Lipinski definition) is 6. The lowest BCUT2D eigenvalue weighted by molar-refractivity contribution is -0.141. The lowest BCUT2D eigenvalue weighted by Gasteiger charge is -2.16. The van der Waals surface area contributed by atoms with Gasteiger partial charge in [-0.2, -0.15) is 4.79 Å². The Hall–Kier alpha value is -3.03. The molecule has 0 aliphatic heterocycles. The number of carbonyl (C=O) groups is 3. The first kappa shape index (κ1) is 21.0. The van der Waals surface area contributed by atoms with Crippen LogP contribution in [0.1, 0.15) is 18.9 Å². The zero-order valence-electron chi connectivity index (χ0n) is 14.6. The quantitative estimate of drug-likeness (QED) is 0.218. The number of Topliss-reactive ketones (excluding diaryl/α,β-unsaturated/α-hetero) is 1. The molecular weight excluding hydrogens is 342 g/mol. The fraction of sp³-hybridized carbons (Fsp3) is 0.412. The molecule has 0 heterocycles. The zero-order chi connectivity index (χ0) is 19.4. The molecule has 0 fully saturated rings. The molecule has 0 aliphatic carbocycles. The summed E-state index contributed by atoms with van der Waals surface area (Å²) in [7, 11) is 1.39. The fourth-order valence-electron chi connectivity index (χ4n) is 2.01. The lowest BCUT2D eigenvalue weighted by atomic mass is 10.1. The second kappa shape index (κ2) is 11.5. The number of benzene rings is 1. The Labute approximate surface area is 150 Å². The molecule has 9 nitrogen and oxygen atoms in total. The maximum absolute atomic E-state index is 12.1. The van der Waals surface area contributed by atoms with Crippen LogP contribution in [-0.4, -0.2) is 54.7 Å². The first-order valence-corrected chi connectivity index (χ1v) is 7.90. The third-order valence-electron chi connectivity index (χ3n) is 3.17. The molecule has 0 saturated heterocycles. The highest BCUT2D eigenvalue weighted by Crippen LogP contribution is 2.02. The van der Waals surface area contributed by atoms with Crippen molar-refractivity contribution in [3.63, 3.8) is 0 Å². The Balaban J connectivity index is 2.61. The highest BCUT2D eigenvalue weighted by atomic mass is 16.5. The average molecular weight is 363 g/mol. The molecule has 1 N–H and O–H groups in total. The van der Waals surface area contributed by atoms with E-state index in [2.05, 4.69) is 14.8 Å². The van der Waals surface area contributed by atoms with Gasteiger partial charge in [-0.3, -0.25) is 4.79 Å². The van der Waals surface area contributed by atoms with E-state index in [0.717, 1.165) is 5.56 Å². The van der Waals surface area contributed by atoms with E-state index < -0.39 is 29.6 Å². The highest BCUT2D eigenvalue weighted by Gasteiger charge is 2.33. The number of esters is 1. The number of alkyl carbamates (subject to hydrolysis) is 1. The van der Waals surface area contributed by atoms with E-state index in [1.54, 1.807) is 19.1 Å². The van der Waals surface area contributed by atoms with Crippen LogP contribution in [-0.2, 0) is 30.4 Å². The van der Waals surface area contributed by atoms with E-state index in [-0.39, 0.29) is 26.2 Å². The molecule has 0 aliphatic rings. The molecule has 0 saturated carbocycles. The molecule has 1 aromatic carbocycles. The molecule has 1 amide bonds. The normalized spacial score (nSPS) is 11.0. The van der Waals surface area contributed by atoms with Gasteiger partial charge in [-0.25, -0.2) is 9.59 Å². The van der Waals surface area contributed by atoms with Gasteiger partial charge < -0.3 is 25.1 Å². The third-order valence-corrected chi connectivity index (χ3v) is 3.17. The molecule has 0 radical (unpaired) electrons. The minimum Gasteiger partial charge on any atom is -0.457 e. The Morgan fingerprint density at radius 3 is 2.46 bits per heavy atom. The van der Waals surface area contributed by atoms with Crippen molar-refractivity contribution in [1.82, 2.24) is 5.32 Å². The Morgan fingerprint density at radius 1 is 1.19 bits per heavy atom. The zero-order valence-corrected chi connectivity index (χ0v) is 14.6. The van der Waals surface area contributed by atoms with Crippen molar-refractivity contribution in [1.29, 1.82) is 0 Å². The van der Waals surface area contributed by atoms with Crippen molar-refractivity contribution in [2.75, 3.05) is 20.3 Å². The van der Waals surface area contributed by atoms with E-state index in [4.69, 9.17) is 15.0 Å². The van der Waals surface area contributed by atoms with E-state index in [9.17, 15) is 14.4 Å². The van der Waals surface area contributed by atoms with Gasteiger partial charge in [0.1, 0.15) is 6.61 Å². The van der Waals surface area contributed by atoms with Gasteiger partial charge in [0.05, 0.1) is 19.3 Å². The summed E-state index contributed by atoms with van der Waals surface area (Å²) in [5, 5.41) is 2.47. The molecule has 0 unspecified atom stereocenters. The van der Waals surface area contributed by atoms with Gasteiger partial charge in [-0.15, -0.1) is 0 Å². The molecular formula is C17H21N3O6. The second-order valence-corrected chi connectivity index (χ2v) is 5.15. The molecule has 1 atom stereocenters. The van der Waals surface area contributed by atoms with Crippen LogP contribution in [0.5, 0.6) is 0 Å². The van der Waals surface area contributed by atoms with Gasteiger partial charge in [0.15, 0.2) is 0 Å². The highest BCUT2D eigenvalue weighted by molar-refractivity contribution is 6.62. The summed E-state index contributed by atoms with van der Waals surface area (Å²) < 4.78 is 14.7. The van der Waals surface area contributed by atoms with Gasteiger partial charge in [-0.05, 0) is 12.5 Å². The van der Waals surface area contributed by atoms with E-state index in [1.807, 2.05) is 18.2 Å². The minimum atomic E-state index is -1.04. The van der Waals surface area contributed by atoms with E-state index in [0.29, 0.717) is 0 Å². The monoisotopic (exact) mass is 363 g/mol. The number of carbonyl (C=O) groups excluding carboxylic acids is 3. The van der Waals surface area contributed by atoms with Crippen molar-refractivity contribution in [2.45, 2.75) is 26.0 Å². The Morgan fingerprint density at radius 2 is 1.88 bits per heavy atom. The smallest absolute Gasteiger partial charge is 0.441 e. The maximum Gasteiger partial charge on any atom is 0.441 e. The first-order chi connectivity index (χ1) is 12.5. The van der Waals surface area contributed by atoms with Gasteiger partial charge in [0.25, 0.3) is 5.78 Å². The van der Waals surface area contributed by atoms with Crippen LogP contribution < -0.4 is 5.32 Å². The van der Waals surface area contributed by atoms with Crippen LogP contribution in [0.2, 0.25) is 0 Å². The van der Waals surface area contributed by atoms with Gasteiger partial charge >= 0.3 is 17.8 Å². The van der Waals surface area contributed by atoms with Crippen molar-refractivity contribution < 1.29 is 33.4 Å². The number of rotatable bonds is 10. The molecule has 26 heavy (non-hydrogen) atoms. The van der Waals surface area contributed by atoms with E-state index >= 15 is 0 Å². The second-order valence-electron chi connectivity index (χ2n) is 5.15. The summed E-state index contributed by atoms with van der Waals surface area (Å²) in [6.45, 7) is 1.63. The number of methoxy groups -OCH3 is 1. The maximum atomic E-state index is 12.1. The predicted molar refractivity (Wildman–Crippen MR) is 90.3 cm³/mol. The Bertz CT molecular complexity index is 670. The third kappa shape index (κ3) is 7.25. The number of hydrogen-bond donors (Lipinski definition) is 1. The first-order valence-electron chi connectivity index (χ1n) is 7.90. The number of nitrogens with zero attached hydrogens (tertiary/aromatic N) is 2. The van der Waals surface area contributed by atoms with Crippen molar-refractivity contribution in [3.8, 4) is 0 Å². The molecule has 1 aromatic rings. The van der Waals surface area contributed by atoms with Crippen LogP contribution in [0.25, 0.3) is 5.53 Å².